The lowest BCUT2D eigenvalue weighted by Crippen LogP contribution is -2.49. The Hall–Kier alpha value is -4.69. The number of likely N-dealkylation sites (tertiary alicyclic amines) is 1. The van der Waals surface area contributed by atoms with Crippen LogP contribution in [0.15, 0.2) is 89.3 Å². The Morgan fingerprint density at radius 1 is 1.22 bits per heavy atom. The maximum Gasteiger partial charge on any atom is 0.333 e. The zero-order chi connectivity index (χ0) is 32.5. The number of methoxy groups -OCH3 is 1. The fourth-order valence-electron chi connectivity index (χ4n) is 5.75. The second-order valence-electron chi connectivity index (χ2n) is 11.7. The maximum atomic E-state index is 14.5. The first-order valence-corrected chi connectivity index (χ1v) is 15.7. The Labute approximate surface area is 269 Å². The molecule has 3 atom stereocenters. The van der Waals surface area contributed by atoms with E-state index >= 15 is 0 Å². The van der Waals surface area contributed by atoms with Gasteiger partial charge in [-0.15, -0.1) is 0 Å². The molecule has 10 nitrogen and oxygen atoms in total. The fourth-order valence-corrected chi connectivity index (χ4v) is 5.75. The van der Waals surface area contributed by atoms with Gasteiger partial charge in [-0.2, -0.15) is 5.26 Å². The third-order valence-electron chi connectivity index (χ3n) is 8.73. The number of carbonyl (C=O) groups excluding carboxylic acids is 2. The molecule has 0 bridgehead atoms. The number of allylic oxidation sites excluding steroid dienone is 6. The second-order valence-corrected chi connectivity index (χ2v) is 11.7. The average Bonchev–Trinajstić information content (AvgIpc) is 3.37. The highest BCUT2D eigenvalue weighted by atomic mass is 19.1. The topological polar surface area (TPSA) is 126 Å². The van der Waals surface area contributed by atoms with E-state index in [0.29, 0.717) is 42.2 Å². The minimum Gasteiger partial charge on any atom is -0.496 e. The van der Waals surface area contributed by atoms with Gasteiger partial charge in [0.05, 0.1) is 37.8 Å². The van der Waals surface area contributed by atoms with Crippen LogP contribution in [0.1, 0.15) is 50.6 Å². The molecule has 1 amide bonds. The van der Waals surface area contributed by atoms with Gasteiger partial charge in [0, 0.05) is 47.1 Å². The highest BCUT2D eigenvalue weighted by Crippen LogP contribution is 2.29. The van der Waals surface area contributed by atoms with Crippen LogP contribution in [0.4, 0.5) is 4.39 Å². The van der Waals surface area contributed by atoms with Crippen molar-refractivity contribution in [2.24, 2.45) is 5.92 Å². The van der Waals surface area contributed by atoms with E-state index in [1.165, 1.54) is 13.2 Å². The zero-order valence-corrected chi connectivity index (χ0v) is 26.2. The maximum absolute atomic E-state index is 14.5. The lowest BCUT2D eigenvalue weighted by molar-refractivity contribution is -0.136. The van der Waals surface area contributed by atoms with Crippen LogP contribution in [0.5, 0.6) is 5.88 Å². The summed E-state index contributed by atoms with van der Waals surface area (Å²) >= 11 is 0. The number of carbonyl (C=O) groups is 2. The molecule has 4 aliphatic rings. The number of rotatable bonds is 10. The Morgan fingerprint density at radius 2 is 2.02 bits per heavy atom. The van der Waals surface area contributed by atoms with Crippen molar-refractivity contribution in [2.75, 3.05) is 33.4 Å². The third-order valence-corrected chi connectivity index (χ3v) is 8.73. The first-order chi connectivity index (χ1) is 22.3. The minimum atomic E-state index is -0.606. The minimum absolute atomic E-state index is 0.00415. The smallest absolute Gasteiger partial charge is 0.333 e. The van der Waals surface area contributed by atoms with Crippen molar-refractivity contribution in [3.8, 4) is 11.9 Å². The number of esters is 1. The quantitative estimate of drug-likeness (QED) is 0.357. The molecule has 11 heteroatoms. The molecule has 5 rings (SSSR count). The number of ether oxygens (including phenoxy) is 3. The second kappa shape index (κ2) is 15.5. The third kappa shape index (κ3) is 8.31. The molecule has 2 saturated heterocycles. The van der Waals surface area contributed by atoms with Crippen LogP contribution in [0.2, 0.25) is 0 Å². The molecular formula is C35H40FN5O5. The average molecular weight is 630 g/mol. The van der Waals surface area contributed by atoms with Gasteiger partial charge < -0.3 is 24.8 Å². The number of halogens is 1. The summed E-state index contributed by atoms with van der Waals surface area (Å²) < 4.78 is 30.7. The van der Waals surface area contributed by atoms with Crippen LogP contribution in [0.25, 0.3) is 0 Å². The van der Waals surface area contributed by atoms with Gasteiger partial charge in [-0.3, -0.25) is 9.69 Å². The molecule has 1 aromatic rings. The number of nitrogens with zero attached hydrogens (tertiary/aromatic N) is 3. The SMILES string of the molecule is COC(=O)C1=CC=C(NC(=O)C(C)N2CCC(c3cccc(OCC4=CC=CC(C#N)C=C4F)n3)CC2)C(N/C=C2\CCO2)CC1. The van der Waals surface area contributed by atoms with Crippen LogP contribution >= 0.6 is 0 Å². The lowest BCUT2D eigenvalue weighted by Gasteiger charge is -2.35. The lowest BCUT2D eigenvalue weighted by atomic mass is 9.92. The first kappa shape index (κ1) is 32.7. The van der Waals surface area contributed by atoms with Gasteiger partial charge in [0.2, 0.25) is 11.8 Å². The molecule has 1 aromatic heterocycles. The number of hydrogen-bond acceptors (Lipinski definition) is 9. The summed E-state index contributed by atoms with van der Waals surface area (Å²) in [6, 6.07) is 7.07. The number of nitrogens with one attached hydrogen (secondary N) is 2. The highest BCUT2D eigenvalue weighted by molar-refractivity contribution is 5.89. The van der Waals surface area contributed by atoms with E-state index in [2.05, 4.69) is 15.5 Å². The van der Waals surface area contributed by atoms with Gasteiger partial charge in [0.15, 0.2) is 0 Å². The summed E-state index contributed by atoms with van der Waals surface area (Å²) in [5, 5.41) is 15.6. The highest BCUT2D eigenvalue weighted by Gasteiger charge is 2.30. The number of aromatic nitrogens is 1. The van der Waals surface area contributed by atoms with Gasteiger partial charge in [0.25, 0.3) is 0 Å². The molecule has 242 valence electrons. The molecular weight excluding hydrogens is 589 g/mol. The van der Waals surface area contributed by atoms with E-state index in [-0.39, 0.29) is 36.5 Å². The van der Waals surface area contributed by atoms with Crippen LogP contribution < -0.4 is 15.4 Å². The van der Waals surface area contributed by atoms with Crippen LogP contribution in [0.3, 0.4) is 0 Å². The Morgan fingerprint density at radius 3 is 2.74 bits per heavy atom. The van der Waals surface area contributed by atoms with Crippen molar-refractivity contribution in [2.45, 2.75) is 57.0 Å². The largest absolute Gasteiger partial charge is 0.496 e. The van der Waals surface area contributed by atoms with Gasteiger partial charge in [-0.05, 0) is 70.0 Å². The summed E-state index contributed by atoms with van der Waals surface area (Å²) in [7, 11) is 1.36. The molecule has 2 N–H and O–H groups in total. The molecule has 3 heterocycles. The van der Waals surface area contributed by atoms with E-state index in [0.717, 1.165) is 43.8 Å². The predicted octanol–water partition coefficient (Wildman–Crippen LogP) is 4.63. The Bertz CT molecular complexity index is 1520. The van der Waals surface area contributed by atoms with E-state index in [1.807, 2.05) is 31.3 Å². The normalized spacial score (nSPS) is 23.5. The summed E-state index contributed by atoms with van der Waals surface area (Å²) in [6.07, 6.45) is 15.2. The summed E-state index contributed by atoms with van der Waals surface area (Å²) in [6.45, 7) is 4.06. The van der Waals surface area contributed by atoms with Crippen LogP contribution in [-0.4, -0.2) is 67.3 Å². The Kier molecular flexibility index (Phi) is 11.0. The van der Waals surface area contributed by atoms with Crippen molar-refractivity contribution < 1.29 is 28.2 Å². The van der Waals surface area contributed by atoms with Gasteiger partial charge in [0.1, 0.15) is 18.2 Å². The molecule has 3 unspecified atom stereocenters. The molecule has 46 heavy (non-hydrogen) atoms. The van der Waals surface area contributed by atoms with E-state index < -0.39 is 11.7 Å². The monoisotopic (exact) mass is 629 g/mol. The van der Waals surface area contributed by atoms with E-state index in [4.69, 9.17) is 24.5 Å². The summed E-state index contributed by atoms with van der Waals surface area (Å²) in [5.74, 6) is -0.0811. The van der Waals surface area contributed by atoms with Gasteiger partial charge in [-0.25, -0.2) is 14.2 Å². The number of amides is 1. The van der Waals surface area contributed by atoms with Gasteiger partial charge >= 0.3 is 5.97 Å². The van der Waals surface area contributed by atoms with Crippen molar-refractivity contribution in [1.29, 1.82) is 5.26 Å². The molecule has 2 fully saturated rings. The molecule has 0 spiro atoms. The molecule has 0 radical (unpaired) electrons. The van der Waals surface area contributed by atoms with Crippen molar-refractivity contribution in [3.63, 3.8) is 0 Å². The standard InChI is InChI=1S/C35H40FN5O5/c1-23(34(42)40-32-12-10-26(35(43)44-2)9-11-31(32)38-21-28-15-18-45-28)41-16-13-25(14-17-41)30-7-4-8-33(39-30)46-22-27-6-3-5-24(20-37)19-29(27)36/h3-8,10,12,19,21,23-25,31,38H,9,11,13-18,22H2,1-2H3,(H,40,42)/b28-21+. The predicted molar refractivity (Wildman–Crippen MR) is 169 cm³/mol. The van der Waals surface area contributed by atoms with Crippen LogP contribution in [-0.2, 0) is 19.1 Å². The van der Waals surface area contributed by atoms with Crippen molar-refractivity contribution >= 4 is 11.9 Å². The number of nitriles is 1. The molecule has 2 aliphatic carbocycles. The van der Waals surface area contributed by atoms with Crippen LogP contribution in [0, 0.1) is 17.2 Å². The fraction of sp³-hybridized carbons (Fsp3) is 0.429. The van der Waals surface area contributed by atoms with Gasteiger partial charge in [-0.1, -0.05) is 24.3 Å². The van der Waals surface area contributed by atoms with E-state index in [9.17, 15) is 14.0 Å². The summed E-state index contributed by atoms with van der Waals surface area (Å²) in [5.41, 5.74) is 2.51. The molecule has 2 aliphatic heterocycles. The van der Waals surface area contributed by atoms with E-state index in [1.54, 1.807) is 36.4 Å². The number of hydrogen-bond donors (Lipinski definition) is 2. The number of piperidine rings is 1. The molecule has 0 aromatic carbocycles. The van der Waals surface area contributed by atoms with Crippen molar-refractivity contribution in [1.82, 2.24) is 20.5 Å². The Balaban J connectivity index is 1.16. The number of pyridine rings is 1. The first-order valence-electron chi connectivity index (χ1n) is 15.7. The van der Waals surface area contributed by atoms with Crippen molar-refractivity contribution in [3.05, 3.63) is 95.0 Å². The zero-order valence-electron chi connectivity index (χ0n) is 26.2. The molecule has 0 saturated carbocycles. The summed E-state index contributed by atoms with van der Waals surface area (Å²) in [4.78, 5) is 32.5.